The Morgan fingerprint density at radius 1 is 1.50 bits per heavy atom. The molecule has 2 heterocycles. The highest BCUT2D eigenvalue weighted by Gasteiger charge is 2.43. The van der Waals surface area contributed by atoms with Crippen LogP contribution in [0.1, 0.15) is 26.0 Å². The monoisotopic (exact) mass is 304 g/mol. The fourth-order valence-electron chi connectivity index (χ4n) is 2.48. The summed E-state index contributed by atoms with van der Waals surface area (Å²) >= 11 is 5.29. The zero-order valence-corrected chi connectivity index (χ0v) is 12.2. The lowest BCUT2D eigenvalue weighted by molar-refractivity contribution is 0.00780. The molecule has 0 aromatic carbocycles. The maximum atomic E-state index is 10.8. The van der Waals surface area contributed by atoms with Crippen molar-refractivity contribution in [3.63, 3.8) is 0 Å². The summed E-state index contributed by atoms with van der Waals surface area (Å²) in [4.78, 5) is 0. The van der Waals surface area contributed by atoms with Crippen LogP contribution in [0, 0.1) is 5.41 Å². The van der Waals surface area contributed by atoms with E-state index in [1.54, 1.807) is 10.9 Å². The average Bonchev–Trinajstić information content (AvgIpc) is 2.44. The quantitative estimate of drug-likeness (QED) is 0.866. The van der Waals surface area contributed by atoms with Crippen molar-refractivity contribution in [1.82, 2.24) is 9.78 Å². The van der Waals surface area contributed by atoms with Crippen LogP contribution >= 0.6 is 27.7 Å². The molecule has 90 valence electrons. The third-order valence-corrected chi connectivity index (χ3v) is 5.19. The van der Waals surface area contributed by atoms with Gasteiger partial charge in [-0.1, -0.05) is 13.8 Å². The van der Waals surface area contributed by atoms with Crippen molar-refractivity contribution in [3.8, 4) is 0 Å². The number of aromatic nitrogens is 2. The van der Waals surface area contributed by atoms with E-state index in [9.17, 15) is 5.11 Å². The van der Waals surface area contributed by atoms with Gasteiger partial charge in [-0.3, -0.25) is 4.68 Å². The Balaban J connectivity index is 2.39. The van der Waals surface area contributed by atoms with Gasteiger partial charge in [0.15, 0.2) is 0 Å². The molecule has 1 unspecified atom stereocenters. The number of nitrogens with zero attached hydrogens (tertiary/aromatic N) is 2. The van der Waals surface area contributed by atoms with Gasteiger partial charge in [0.25, 0.3) is 0 Å². The number of aliphatic hydroxyl groups is 1. The van der Waals surface area contributed by atoms with Crippen molar-refractivity contribution in [2.45, 2.75) is 25.9 Å². The molecule has 1 N–H and O–H groups in total. The lowest BCUT2D eigenvalue weighted by Gasteiger charge is -2.41. The smallest absolute Gasteiger partial charge is 0.117 e. The zero-order chi connectivity index (χ0) is 12.0. The van der Waals surface area contributed by atoms with Gasteiger partial charge >= 0.3 is 0 Å². The minimum Gasteiger partial charge on any atom is -0.383 e. The summed E-state index contributed by atoms with van der Waals surface area (Å²) in [5, 5.41) is 15.0. The van der Waals surface area contributed by atoms with Crippen LogP contribution in [0.25, 0.3) is 0 Å². The molecule has 1 aromatic rings. The summed E-state index contributed by atoms with van der Waals surface area (Å²) in [6, 6.07) is 0. The Labute approximate surface area is 109 Å². The lowest BCUT2D eigenvalue weighted by atomic mass is 9.80. The molecule has 1 fully saturated rings. The fraction of sp³-hybridized carbons (Fsp3) is 0.727. The minimum atomic E-state index is -0.767. The van der Waals surface area contributed by atoms with Gasteiger partial charge in [0.05, 0.1) is 16.4 Å². The summed E-state index contributed by atoms with van der Waals surface area (Å²) < 4.78 is 2.67. The Kier molecular flexibility index (Phi) is 3.14. The Morgan fingerprint density at radius 3 is 2.69 bits per heavy atom. The Morgan fingerprint density at radius 2 is 2.19 bits per heavy atom. The molecule has 0 aliphatic carbocycles. The summed E-state index contributed by atoms with van der Waals surface area (Å²) in [6.45, 7) is 4.41. The second-order valence-electron chi connectivity index (χ2n) is 5.33. The van der Waals surface area contributed by atoms with E-state index in [4.69, 9.17) is 0 Å². The lowest BCUT2D eigenvalue weighted by Crippen LogP contribution is -2.41. The normalized spacial score (nSPS) is 29.3. The highest BCUT2D eigenvalue weighted by Crippen LogP contribution is 2.45. The molecule has 1 atom stereocenters. The second kappa shape index (κ2) is 4.03. The van der Waals surface area contributed by atoms with Crippen LogP contribution in [-0.4, -0.2) is 26.4 Å². The number of hydrogen-bond donors (Lipinski definition) is 1. The molecule has 0 bridgehead atoms. The number of halogens is 1. The number of rotatable bonds is 1. The summed E-state index contributed by atoms with van der Waals surface area (Å²) in [5.74, 6) is 1.85. The first-order valence-electron chi connectivity index (χ1n) is 5.32. The molecule has 0 radical (unpaired) electrons. The molecule has 2 rings (SSSR count). The highest BCUT2D eigenvalue weighted by atomic mass is 79.9. The zero-order valence-electron chi connectivity index (χ0n) is 9.83. The molecule has 3 nitrogen and oxygen atoms in total. The molecule has 16 heavy (non-hydrogen) atoms. The first-order chi connectivity index (χ1) is 7.34. The van der Waals surface area contributed by atoms with E-state index in [2.05, 4.69) is 34.9 Å². The van der Waals surface area contributed by atoms with Crippen LogP contribution in [0.2, 0.25) is 0 Å². The number of aryl methyl sites for hydroxylation is 1. The molecule has 1 saturated heterocycles. The maximum Gasteiger partial charge on any atom is 0.117 e. The van der Waals surface area contributed by atoms with Crippen molar-refractivity contribution in [2.75, 3.05) is 11.5 Å². The van der Waals surface area contributed by atoms with Gasteiger partial charge in [-0.05, 0) is 33.5 Å². The van der Waals surface area contributed by atoms with Crippen molar-refractivity contribution >= 4 is 27.7 Å². The van der Waals surface area contributed by atoms with Crippen LogP contribution in [0.15, 0.2) is 10.7 Å². The Hall–Kier alpha value is -0.0000000000000000555. The van der Waals surface area contributed by atoms with Gasteiger partial charge in [-0.2, -0.15) is 16.9 Å². The van der Waals surface area contributed by atoms with Gasteiger partial charge in [0.1, 0.15) is 5.60 Å². The average molecular weight is 305 g/mol. The molecule has 1 aliphatic rings. The van der Waals surface area contributed by atoms with Crippen LogP contribution in [0.5, 0.6) is 0 Å². The van der Waals surface area contributed by atoms with E-state index in [0.717, 1.165) is 28.1 Å². The summed E-state index contributed by atoms with van der Waals surface area (Å²) in [5.41, 5.74) is 0.297. The molecular weight excluding hydrogens is 288 g/mol. The van der Waals surface area contributed by atoms with Gasteiger partial charge in [0, 0.05) is 12.8 Å². The molecule has 0 spiro atoms. The van der Waals surface area contributed by atoms with Crippen molar-refractivity contribution in [2.24, 2.45) is 12.5 Å². The first-order valence-corrected chi connectivity index (χ1v) is 7.27. The minimum absolute atomic E-state index is 0.168. The molecule has 1 aliphatic heterocycles. The Bertz CT molecular complexity index is 385. The molecular formula is C11H17BrN2OS. The van der Waals surface area contributed by atoms with Crippen molar-refractivity contribution in [3.05, 3.63) is 16.4 Å². The van der Waals surface area contributed by atoms with E-state index >= 15 is 0 Å². The topological polar surface area (TPSA) is 38.0 Å². The summed E-state index contributed by atoms with van der Waals surface area (Å²) in [6.07, 6.45) is 2.53. The summed E-state index contributed by atoms with van der Waals surface area (Å²) in [7, 11) is 1.88. The van der Waals surface area contributed by atoms with Gasteiger partial charge in [-0.25, -0.2) is 0 Å². The van der Waals surface area contributed by atoms with E-state index in [1.807, 2.05) is 18.8 Å². The van der Waals surface area contributed by atoms with E-state index < -0.39 is 5.60 Å². The predicted octanol–water partition coefficient (Wildman–Crippen LogP) is 2.53. The van der Waals surface area contributed by atoms with Crippen LogP contribution in [0.4, 0.5) is 0 Å². The highest BCUT2D eigenvalue weighted by molar-refractivity contribution is 9.10. The first kappa shape index (κ1) is 12.5. The standard InChI is InChI=1S/C11H17BrN2OS/c1-10(2)5-11(15,7-16-6-10)9-8(12)4-13-14(9)3/h4,15H,5-7H2,1-3H3. The third kappa shape index (κ3) is 2.17. The van der Waals surface area contributed by atoms with Crippen molar-refractivity contribution < 1.29 is 5.11 Å². The largest absolute Gasteiger partial charge is 0.383 e. The van der Waals surface area contributed by atoms with Crippen LogP contribution < -0.4 is 0 Å². The second-order valence-corrected chi connectivity index (χ2v) is 7.17. The molecule has 1 aromatic heterocycles. The van der Waals surface area contributed by atoms with E-state index in [-0.39, 0.29) is 5.41 Å². The predicted molar refractivity (Wildman–Crippen MR) is 70.5 cm³/mol. The SMILES string of the molecule is Cn1ncc(Br)c1C1(O)CSCC(C)(C)C1. The fourth-order valence-corrected chi connectivity index (χ4v) is 4.53. The van der Waals surface area contributed by atoms with Gasteiger partial charge in [0.2, 0.25) is 0 Å². The van der Waals surface area contributed by atoms with Gasteiger partial charge < -0.3 is 5.11 Å². The van der Waals surface area contributed by atoms with Crippen molar-refractivity contribution in [1.29, 1.82) is 0 Å². The molecule has 5 heteroatoms. The number of hydrogen-bond acceptors (Lipinski definition) is 3. The maximum absolute atomic E-state index is 10.8. The van der Waals surface area contributed by atoms with Gasteiger partial charge in [-0.15, -0.1) is 0 Å². The number of thioether (sulfide) groups is 1. The van der Waals surface area contributed by atoms with Crippen LogP contribution in [0.3, 0.4) is 0 Å². The van der Waals surface area contributed by atoms with E-state index in [1.165, 1.54) is 0 Å². The third-order valence-electron chi connectivity index (χ3n) is 2.94. The van der Waals surface area contributed by atoms with E-state index in [0.29, 0.717) is 0 Å². The molecule has 0 amide bonds. The van der Waals surface area contributed by atoms with Crippen LogP contribution in [-0.2, 0) is 12.6 Å². The molecule has 0 saturated carbocycles.